The minimum absolute atomic E-state index is 0. The molecule has 3 N–H and O–H groups in total. The molecule has 0 heterocycles. The van der Waals surface area contributed by atoms with Gasteiger partial charge in [-0.15, -0.1) is 12.4 Å². The van der Waals surface area contributed by atoms with Gasteiger partial charge < -0.3 is 11.1 Å². The quantitative estimate of drug-likeness (QED) is 0.860. The molecule has 1 aliphatic carbocycles. The number of halogens is 3. The molecular formula is C13H17BrClFN2O. The van der Waals surface area contributed by atoms with Gasteiger partial charge in [0, 0.05) is 17.6 Å². The normalized spacial score (nSPS) is 22.5. The molecule has 0 aliphatic heterocycles. The molecular weight excluding hydrogens is 335 g/mol. The zero-order chi connectivity index (χ0) is 13.1. The van der Waals surface area contributed by atoms with Crippen LogP contribution in [0, 0.1) is 5.82 Å². The fraction of sp³-hybridized carbons (Fsp3) is 0.462. The molecule has 2 rings (SSSR count). The Morgan fingerprint density at radius 1 is 1.32 bits per heavy atom. The molecule has 0 unspecified atom stereocenters. The van der Waals surface area contributed by atoms with Gasteiger partial charge in [0.1, 0.15) is 5.82 Å². The predicted octanol–water partition coefficient (Wildman–Crippen LogP) is 3.01. The van der Waals surface area contributed by atoms with E-state index in [1.54, 1.807) is 12.1 Å². The Hall–Kier alpha value is -0.650. The van der Waals surface area contributed by atoms with E-state index in [9.17, 15) is 9.18 Å². The van der Waals surface area contributed by atoms with E-state index in [0.29, 0.717) is 10.0 Å². The van der Waals surface area contributed by atoms with Crippen LogP contribution in [-0.2, 0) is 0 Å². The van der Waals surface area contributed by atoms with Gasteiger partial charge in [0.05, 0.1) is 4.47 Å². The molecule has 0 atom stereocenters. The minimum Gasteiger partial charge on any atom is -0.349 e. The number of carbonyl (C=O) groups excluding carboxylic acids is 1. The summed E-state index contributed by atoms with van der Waals surface area (Å²) in [5.74, 6) is -0.643. The number of rotatable bonds is 2. The summed E-state index contributed by atoms with van der Waals surface area (Å²) in [6.07, 6.45) is 3.65. The lowest BCUT2D eigenvalue weighted by Gasteiger charge is -2.26. The third-order valence-electron chi connectivity index (χ3n) is 3.29. The Labute approximate surface area is 126 Å². The van der Waals surface area contributed by atoms with E-state index >= 15 is 0 Å². The average Bonchev–Trinajstić information content (AvgIpc) is 2.35. The first-order valence-corrected chi connectivity index (χ1v) is 6.87. The number of nitrogens with two attached hydrogens (primary N) is 1. The van der Waals surface area contributed by atoms with Crippen LogP contribution in [0.4, 0.5) is 4.39 Å². The highest BCUT2D eigenvalue weighted by atomic mass is 79.9. The Kier molecular flexibility index (Phi) is 6.23. The molecule has 3 nitrogen and oxygen atoms in total. The molecule has 1 saturated carbocycles. The lowest BCUT2D eigenvalue weighted by atomic mass is 9.91. The van der Waals surface area contributed by atoms with E-state index in [1.165, 1.54) is 6.07 Å². The largest absolute Gasteiger partial charge is 0.349 e. The molecule has 0 spiro atoms. The number of amides is 1. The maximum absolute atomic E-state index is 13.3. The molecule has 0 bridgehead atoms. The first kappa shape index (κ1) is 16.4. The molecule has 0 aromatic heterocycles. The van der Waals surface area contributed by atoms with Gasteiger partial charge in [0.25, 0.3) is 5.91 Å². The molecule has 0 radical (unpaired) electrons. The summed E-state index contributed by atoms with van der Waals surface area (Å²) in [6.45, 7) is 0. The molecule has 106 valence electrons. The molecule has 6 heteroatoms. The van der Waals surface area contributed by atoms with E-state index < -0.39 is 5.82 Å². The second kappa shape index (κ2) is 7.22. The van der Waals surface area contributed by atoms with Crippen molar-refractivity contribution in [3.63, 3.8) is 0 Å². The van der Waals surface area contributed by atoms with Gasteiger partial charge in [-0.3, -0.25) is 4.79 Å². The molecule has 0 saturated heterocycles. The Bertz CT molecular complexity index is 450. The van der Waals surface area contributed by atoms with Crippen LogP contribution in [0.1, 0.15) is 36.0 Å². The molecule has 1 amide bonds. The fourth-order valence-electron chi connectivity index (χ4n) is 2.17. The van der Waals surface area contributed by atoms with Crippen molar-refractivity contribution >= 4 is 34.2 Å². The van der Waals surface area contributed by atoms with Crippen molar-refractivity contribution in [1.82, 2.24) is 5.32 Å². The number of hydrogen-bond donors (Lipinski definition) is 2. The highest BCUT2D eigenvalue weighted by molar-refractivity contribution is 9.10. The second-order valence-electron chi connectivity index (χ2n) is 4.71. The van der Waals surface area contributed by atoms with E-state index in [-0.39, 0.29) is 30.4 Å². The smallest absolute Gasteiger partial charge is 0.251 e. The first-order chi connectivity index (χ1) is 8.56. The van der Waals surface area contributed by atoms with Gasteiger partial charge >= 0.3 is 0 Å². The molecule has 1 aromatic carbocycles. The monoisotopic (exact) mass is 350 g/mol. The average molecular weight is 352 g/mol. The van der Waals surface area contributed by atoms with Crippen LogP contribution >= 0.6 is 28.3 Å². The standard InChI is InChI=1S/C13H16BrFN2O.ClH/c14-11-6-1-8(7-12(11)15)13(18)17-10-4-2-9(16)3-5-10;/h1,6-7,9-10H,2-5,16H2,(H,17,18);1H. The number of nitrogens with one attached hydrogen (secondary N) is 1. The van der Waals surface area contributed by atoms with Crippen molar-refractivity contribution in [2.45, 2.75) is 37.8 Å². The fourth-order valence-corrected chi connectivity index (χ4v) is 2.42. The second-order valence-corrected chi connectivity index (χ2v) is 5.57. The first-order valence-electron chi connectivity index (χ1n) is 6.08. The van der Waals surface area contributed by atoms with Crippen LogP contribution in [0.25, 0.3) is 0 Å². The van der Waals surface area contributed by atoms with E-state index in [2.05, 4.69) is 21.2 Å². The molecule has 1 aliphatic rings. The topological polar surface area (TPSA) is 55.1 Å². The minimum atomic E-state index is -0.423. The number of carbonyl (C=O) groups is 1. The van der Waals surface area contributed by atoms with Crippen molar-refractivity contribution in [3.8, 4) is 0 Å². The van der Waals surface area contributed by atoms with Gasteiger partial charge in [-0.1, -0.05) is 0 Å². The third-order valence-corrected chi connectivity index (χ3v) is 3.93. The van der Waals surface area contributed by atoms with E-state index in [0.717, 1.165) is 25.7 Å². The van der Waals surface area contributed by atoms with Crippen molar-refractivity contribution in [1.29, 1.82) is 0 Å². The van der Waals surface area contributed by atoms with Crippen LogP contribution < -0.4 is 11.1 Å². The summed E-state index contributed by atoms with van der Waals surface area (Å²) in [5.41, 5.74) is 6.16. The van der Waals surface area contributed by atoms with E-state index in [1.807, 2.05) is 0 Å². The van der Waals surface area contributed by atoms with Crippen LogP contribution in [0.5, 0.6) is 0 Å². The third kappa shape index (κ3) is 4.44. The summed E-state index contributed by atoms with van der Waals surface area (Å²) in [7, 11) is 0. The molecule has 1 aromatic rings. The Morgan fingerprint density at radius 3 is 2.53 bits per heavy atom. The summed E-state index contributed by atoms with van der Waals surface area (Å²) in [4.78, 5) is 11.9. The number of hydrogen-bond acceptors (Lipinski definition) is 2. The van der Waals surface area contributed by atoms with Crippen LogP contribution in [0.2, 0.25) is 0 Å². The van der Waals surface area contributed by atoms with Crippen LogP contribution in [0.15, 0.2) is 22.7 Å². The van der Waals surface area contributed by atoms with Crippen LogP contribution in [0.3, 0.4) is 0 Å². The maximum Gasteiger partial charge on any atom is 0.251 e. The SMILES string of the molecule is Cl.NC1CCC(NC(=O)c2ccc(Br)c(F)c2)CC1. The van der Waals surface area contributed by atoms with Crippen molar-refractivity contribution < 1.29 is 9.18 Å². The highest BCUT2D eigenvalue weighted by Crippen LogP contribution is 2.19. The lowest BCUT2D eigenvalue weighted by molar-refractivity contribution is 0.0925. The van der Waals surface area contributed by atoms with Crippen molar-refractivity contribution in [2.24, 2.45) is 5.73 Å². The zero-order valence-corrected chi connectivity index (χ0v) is 12.8. The number of benzene rings is 1. The van der Waals surface area contributed by atoms with Gasteiger partial charge in [-0.05, 0) is 59.8 Å². The summed E-state index contributed by atoms with van der Waals surface area (Å²) < 4.78 is 13.7. The Morgan fingerprint density at radius 2 is 1.95 bits per heavy atom. The summed E-state index contributed by atoms with van der Waals surface area (Å²) in [6, 6.07) is 4.80. The van der Waals surface area contributed by atoms with Gasteiger partial charge in [0.15, 0.2) is 0 Å². The van der Waals surface area contributed by atoms with Gasteiger partial charge in [-0.25, -0.2) is 4.39 Å². The predicted molar refractivity (Wildman–Crippen MR) is 79.0 cm³/mol. The zero-order valence-electron chi connectivity index (χ0n) is 10.4. The molecule has 1 fully saturated rings. The van der Waals surface area contributed by atoms with Crippen molar-refractivity contribution in [2.75, 3.05) is 0 Å². The van der Waals surface area contributed by atoms with Gasteiger partial charge in [-0.2, -0.15) is 0 Å². The van der Waals surface area contributed by atoms with Gasteiger partial charge in [0.2, 0.25) is 0 Å². The summed E-state index contributed by atoms with van der Waals surface area (Å²) >= 11 is 3.06. The Balaban J connectivity index is 0.00000180. The molecule has 19 heavy (non-hydrogen) atoms. The van der Waals surface area contributed by atoms with Crippen LogP contribution in [-0.4, -0.2) is 18.0 Å². The van der Waals surface area contributed by atoms with Crippen molar-refractivity contribution in [3.05, 3.63) is 34.1 Å². The highest BCUT2D eigenvalue weighted by Gasteiger charge is 2.20. The maximum atomic E-state index is 13.3. The lowest BCUT2D eigenvalue weighted by Crippen LogP contribution is -2.40. The van der Waals surface area contributed by atoms with E-state index in [4.69, 9.17) is 5.73 Å². The summed E-state index contributed by atoms with van der Waals surface area (Å²) in [5, 5.41) is 2.93.